The van der Waals surface area contributed by atoms with E-state index in [0.717, 1.165) is 0 Å². The number of hydrogen-bond acceptors (Lipinski definition) is 2. The SMILES string of the molecule is CC1(C)CSCCC12CCNC2. The molecule has 70 valence electrons. The summed E-state index contributed by atoms with van der Waals surface area (Å²) in [5, 5.41) is 3.53. The van der Waals surface area contributed by atoms with Crippen LogP contribution in [0, 0.1) is 10.8 Å². The third kappa shape index (κ3) is 1.20. The highest BCUT2D eigenvalue weighted by atomic mass is 32.2. The van der Waals surface area contributed by atoms with E-state index < -0.39 is 0 Å². The van der Waals surface area contributed by atoms with Crippen LogP contribution in [0.25, 0.3) is 0 Å². The minimum Gasteiger partial charge on any atom is -0.316 e. The van der Waals surface area contributed by atoms with E-state index in [9.17, 15) is 0 Å². The van der Waals surface area contributed by atoms with Crippen molar-refractivity contribution in [3.05, 3.63) is 0 Å². The lowest BCUT2D eigenvalue weighted by Crippen LogP contribution is -2.44. The summed E-state index contributed by atoms with van der Waals surface area (Å²) in [6.45, 7) is 7.41. The quantitative estimate of drug-likeness (QED) is 0.620. The molecule has 1 spiro atoms. The van der Waals surface area contributed by atoms with E-state index in [1.165, 1.54) is 37.4 Å². The van der Waals surface area contributed by atoms with Crippen LogP contribution < -0.4 is 5.32 Å². The molecule has 0 radical (unpaired) electrons. The standard InChI is InChI=1S/C10H19NS/c1-9(2)8-12-6-4-10(9)3-5-11-7-10/h11H,3-8H2,1-2H3. The molecule has 2 saturated heterocycles. The zero-order valence-electron chi connectivity index (χ0n) is 8.15. The van der Waals surface area contributed by atoms with Gasteiger partial charge in [0.2, 0.25) is 0 Å². The fourth-order valence-electron chi connectivity index (χ4n) is 2.62. The van der Waals surface area contributed by atoms with Crippen LogP contribution in [0.15, 0.2) is 0 Å². The molecule has 1 nitrogen and oxygen atoms in total. The van der Waals surface area contributed by atoms with Crippen LogP contribution in [0.1, 0.15) is 26.7 Å². The van der Waals surface area contributed by atoms with E-state index in [1.807, 2.05) is 0 Å². The Bertz CT molecular complexity index is 171. The van der Waals surface area contributed by atoms with Crippen LogP contribution >= 0.6 is 11.8 Å². The highest BCUT2D eigenvalue weighted by molar-refractivity contribution is 7.99. The van der Waals surface area contributed by atoms with Crippen LogP contribution in [0.4, 0.5) is 0 Å². The van der Waals surface area contributed by atoms with Crippen molar-refractivity contribution in [1.82, 2.24) is 5.32 Å². The van der Waals surface area contributed by atoms with Crippen molar-refractivity contribution in [2.24, 2.45) is 10.8 Å². The van der Waals surface area contributed by atoms with Crippen molar-refractivity contribution in [3.8, 4) is 0 Å². The second-order valence-corrected chi connectivity index (χ2v) is 6.00. The van der Waals surface area contributed by atoms with Crippen molar-refractivity contribution >= 4 is 11.8 Å². The molecule has 2 heteroatoms. The Kier molecular flexibility index (Phi) is 2.16. The minimum atomic E-state index is 0.555. The smallest absolute Gasteiger partial charge is 0.00140 e. The summed E-state index contributed by atoms with van der Waals surface area (Å²) in [4.78, 5) is 0. The molecule has 0 aliphatic carbocycles. The van der Waals surface area contributed by atoms with Crippen LogP contribution in [-0.4, -0.2) is 24.6 Å². The average molecular weight is 185 g/mol. The molecule has 2 rings (SSSR count). The summed E-state index contributed by atoms with van der Waals surface area (Å²) in [7, 11) is 0. The van der Waals surface area contributed by atoms with Gasteiger partial charge in [0.15, 0.2) is 0 Å². The third-order valence-corrected chi connectivity index (χ3v) is 5.29. The average Bonchev–Trinajstić information content (AvgIpc) is 2.46. The summed E-state index contributed by atoms with van der Waals surface area (Å²) in [6.07, 6.45) is 2.83. The molecule has 1 N–H and O–H groups in total. The first-order chi connectivity index (χ1) is 5.66. The number of nitrogens with one attached hydrogen (secondary N) is 1. The number of rotatable bonds is 0. The first-order valence-electron chi connectivity index (χ1n) is 4.95. The Morgan fingerprint density at radius 2 is 2.08 bits per heavy atom. The maximum Gasteiger partial charge on any atom is 0.00140 e. The first-order valence-corrected chi connectivity index (χ1v) is 6.10. The third-order valence-electron chi connectivity index (χ3n) is 3.87. The molecule has 2 aliphatic heterocycles. The van der Waals surface area contributed by atoms with Crippen molar-refractivity contribution in [3.63, 3.8) is 0 Å². The lowest BCUT2D eigenvalue weighted by Gasteiger charge is -2.47. The summed E-state index contributed by atoms with van der Waals surface area (Å²) in [5.41, 5.74) is 1.19. The summed E-state index contributed by atoms with van der Waals surface area (Å²) >= 11 is 2.13. The van der Waals surface area contributed by atoms with Gasteiger partial charge in [0.05, 0.1) is 0 Å². The van der Waals surface area contributed by atoms with Crippen LogP contribution in [-0.2, 0) is 0 Å². The maximum atomic E-state index is 3.53. The van der Waals surface area contributed by atoms with Crippen LogP contribution in [0.3, 0.4) is 0 Å². The topological polar surface area (TPSA) is 12.0 Å². The fraction of sp³-hybridized carbons (Fsp3) is 1.00. The van der Waals surface area contributed by atoms with Gasteiger partial charge in [0.1, 0.15) is 0 Å². The second-order valence-electron chi connectivity index (χ2n) is 4.89. The van der Waals surface area contributed by atoms with E-state index in [2.05, 4.69) is 30.9 Å². The predicted octanol–water partition coefficient (Wildman–Crippen LogP) is 2.13. The first kappa shape index (κ1) is 8.89. The molecule has 0 aromatic heterocycles. The lowest BCUT2D eigenvalue weighted by molar-refractivity contribution is 0.104. The molecule has 0 aromatic rings. The molecule has 0 amide bonds. The highest BCUT2D eigenvalue weighted by Crippen LogP contribution is 2.51. The molecule has 2 heterocycles. The van der Waals surface area contributed by atoms with Crippen LogP contribution in [0.2, 0.25) is 0 Å². The van der Waals surface area contributed by atoms with Gasteiger partial charge in [0.25, 0.3) is 0 Å². The van der Waals surface area contributed by atoms with Crippen molar-refractivity contribution < 1.29 is 0 Å². The van der Waals surface area contributed by atoms with E-state index in [4.69, 9.17) is 0 Å². The molecule has 1 unspecified atom stereocenters. The van der Waals surface area contributed by atoms with Crippen molar-refractivity contribution in [1.29, 1.82) is 0 Å². The fourth-order valence-corrected chi connectivity index (χ4v) is 4.12. The van der Waals surface area contributed by atoms with Gasteiger partial charge in [-0.3, -0.25) is 0 Å². The molecule has 2 fully saturated rings. The Morgan fingerprint density at radius 3 is 2.67 bits per heavy atom. The molecule has 0 aromatic carbocycles. The zero-order valence-corrected chi connectivity index (χ0v) is 8.97. The monoisotopic (exact) mass is 185 g/mol. The van der Waals surface area contributed by atoms with Crippen LogP contribution in [0.5, 0.6) is 0 Å². The Hall–Kier alpha value is 0.310. The zero-order chi connectivity index (χ0) is 8.66. The normalized spacial score (nSPS) is 40.5. The largest absolute Gasteiger partial charge is 0.316 e. The van der Waals surface area contributed by atoms with Gasteiger partial charge in [-0.25, -0.2) is 0 Å². The van der Waals surface area contributed by atoms with Crippen molar-refractivity contribution in [2.75, 3.05) is 24.6 Å². The molecular formula is C10H19NS. The molecule has 12 heavy (non-hydrogen) atoms. The summed E-state index contributed by atoms with van der Waals surface area (Å²) in [6, 6.07) is 0. The van der Waals surface area contributed by atoms with Gasteiger partial charge in [0, 0.05) is 6.54 Å². The van der Waals surface area contributed by atoms with Gasteiger partial charge in [-0.1, -0.05) is 13.8 Å². The van der Waals surface area contributed by atoms with Crippen molar-refractivity contribution in [2.45, 2.75) is 26.7 Å². The number of hydrogen-bond donors (Lipinski definition) is 1. The minimum absolute atomic E-state index is 0.555. The Balaban J connectivity index is 2.19. The molecule has 0 saturated carbocycles. The van der Waals surface area contributed by atoms with E-state index in [-0.39, 0.29) is 0 Å². The van der Waals surface area contributed by atoms with E-state index in [1.54, 1.807) is 0 Å². The van der Waals surface area contributed by atoms with Gasteiger partial charge in [-0.2, -0.15) is 11.8 Å². The second kappa shape index (κ2) is 2.91. The molecule has 1 atom stereocenters. The summed E-state index contributed by atoms with van der Waals surface area (Å²) < 4.78 is 0. The highest BCUT2D eigenvalue weighted by Gasteiger charge is 2.48. The van der Waals surface area contributed by atoms with Gasteiger partial charge in [-0.05, 0) is 41.7 Å². The Labute approximate surface area is 79.7 Å². The van der Waals surface area contributed by atoms with Gasteiger partial charge >= 0.3 is 0 Å². The number of thioether (sulfide) groups is 1. The summed E-state index contributed by atoms with van der Waals surface area (Å²) in [5.74, 6) is 2.74. The molecule has 0 bridgehead atoms. The Morgan fingerprint density at radius 1 is 1.25 bits per heavy atom. The van der Waals surface area contributed by atoms with E-state index >= 15 is 0 Å². The lowest BCUT2D eigenvalue weighted by atomic mass is 9.64. The molecule has 2 aliphatic rings. The van der Waals surface area contributed by atoms with E-state index in [0.29, 0.717) is 10.8 Å². The predicted molar refractivity (Wildman–Crippen MR) is 55.6 cm³/mol. The maximum absolute atomic E-state index is 3.53. The van der Waals surface area contributed by atoms with Gasteiger partial charge in [-0.15, -0.1) is 0 Å². The molecular weight excluding hydrogens is 166 g/mol. The van der Waals surface area contributed by atoms with Gasteiger partial charge < -0.3 is 5.32 Å².